The largest absolute Gasteiger partial charge is 0.369 e. The molecular formula is C25H30N4. The molecule has 0 radical (unpaired) electrons. The van der Waals surface area contributed by atoms with Crippen molar-refractivity contribution in [1.29, 1.82) is 0 Å². The number of nitrogens with two attached hydrogens (primary N) is 1. The molecule has 150 valence electrons. The number of aromatic nitrogens is 2. The fourth-order valence-corrected chi connectivity index (χ4v) is 4.29. The minimum atomic E-state index is 0.664. The summed E-state index contributed by atoms with van der Waals surface area (Å²) in [6.07, 6.45) is 9.12. The maximum atomic E-state index is 5.91. The molecule has 1 heterocycles. The number of fused-ring (bicyclic) bond motifs is 1. The van der Waals surface area contributed by atoms with Crippen LogP contribution in [0.25, 0.3) is 23.1 Å². The number of benzene rings is 2. The van der Waals surface area contributed by atoms with Gasteiger partial charge in [0.1, 0.15) is 5.82 Å². The van der Waals surface area contributed by atoms with Crippen molar-refractivity contribution in [2.24, 2.45) is 17.6 Å². The smallest absolute Gasteiger partial charge is 0.154 e. The summed E-state index contributed by atoms with van der Waals surface area (Å²) in [7, 11) is 0. The van der Waals surface area contributed by atoms with Crippen molar-refractivity contribution in [3.05, 3.63) is 65.5 Å². The van der Waals surface area contributed by atoms with E-state index in [1.165, 1.54) is 31.2 Å². The van der Waals surface area contributed by atoms with Gasteiger partial charge in [-0.25, -0.2) is 9.97 Å². The lowest BCUT2D eigenvalue weighted by Gasteiger charge is -2.28. The minimum absolute atomic E-state index is 0.664. The van der Waals surface area contributed by atoms with Gasteiger partial charge >= 0.3 is 0 Å². The van der Waals surface area contributed by atoms with E-state index >= 15 is 0 Å². The highest BCUT2D eigenvalue weighted by molar-refractivity contribution is 5.90. The average molecular weight is 387 g/mol. The van der Waals surface area contributed by atoms with Crippen LogP contribution in [0.2, 0.25) is 0 Å². The Hall–Kier alpha value is -2.72. The number of para-hydroxylation sites is 1. The Labute approximate surface area is 173 Å². The van der Waals surface area contributed by atoms with Crippen molar-refractivity contribution in [2.75, 3.05) is 18.4 Å². The van der Waals surface area contributed by atoms with Crippen LogP contribution in [0.15, 0.2) is 48.5 Å². The quantitative estimate of drug-likeness (QED) is 0.604. The summed E-state index contributed by atoms with van der Waals surface area (Å²) >= 11 is 0. The third-order valence-corrected chi connectivity index (χ3v) is 5.87. The van der Waals surface area contributed by atoms with E-state index < -0.39 is 0 Å². The number of nitrogens with zero attached hydrogens (tertiary/aromatic N) is 2. The fourth-order valence-electron chi connectivity index (χ4n) is 4.29. The van der Waals surface area contributed by atoms with E-state index in [1.54, 1.807) is 0 Å². The summed E-state index contributed by atoms with van der Waals surface area (Å²) in [5.41, 5.74) is 9.28. The van der Waals surface area contributed by atoms with E-state index in [1.807, 2.05) is 18.2 Å². The van der Waals surface area contributed by atoms with Crippen LogP contribution in [-0.2, 0) is 0 Å². The van der Waals surface area contributed by atoms with Gasteiger partial charge in [0.15, 0.2) is 5.82 Å². The van der Waals surface area contributed by atoms with Crippen molar-refractivity contribution < 1.29 is 0 Å². The van der Waals surface area contributed by atoms with Crippen LogP contribution in [0.4, 0.5) is 5.82 Å². The van der Waals surface area contributed by atoms with Gasteiger partial charge < -0.3 is 11.1 Å². The van der Waals surface area contributed by atoms with Gasteiger partial charge in [-0.15, -0.1) is 0 Å². The first kappa shape index (κ1) is 19.6. The summed E-state index contributed by atoms with van der Waals surface area (Å²) < 4.78 is 0. The summed E-state index contributed by atoms with van der Waals surface area (Å²) in [6, 6.07) is 16.7. The first-order valence-electron chi connectivity index (χ1n) is 10.7. The first-order valence-corrected chi connectivity index (χ1v) is 10.7. The van der Waals surface area contributed by atoms with Gasteiger partial charge in [0.2, 0.25) is 0 Å². The van der Waals surface area contributed by atoms with Gasteiger partial charge in [-0.2, -0.15) is 0 Å². The van der Waals surface area contributed by atoms with Crippen LogP contribution in [0.5, 0.6) is 0 Å². The fraction of sp³-hybridized carbons (Fsp3) is 0.360. The molecule has 0 bridgehead atoms. The SMILES string of the molecule is Cc1cccc(/C=C/c2nc(NCC3CCCC(CN)C3)c3ccccc3n2)c1. The molecule has 3 aromatic rings. The van der Waals surface area contributed by atoms with Crippen molar-refractivity contribution in [3.8, 4) is 0 Å². The van der Waals surface area contributed by atoms with Crippen LogP contribution < -0.4 is 11.1 Å². The molecular weight excluding hydrogens is 356 g/mol. The Morgan fingerprint density at radius 3 is 2.76 bits per heavy atom. The Morgan fingerprint density at radius 2 is 1.90 bits per heavy atom. The molecule has 0 amide bonds. The molecule has 1 saturated carbocycles. The second kappa shape index (κ2) is 9.19. The van der Waals surface area contributed by atoms with Crippen molar-refractivity contribution in [3.63, 3.8) is 0 Å². The maximum absolute atomic E-state index is 5.91. The molecule has 1 aliphatic rings. The molecule has 3 N–H and O–H groups in total. The Kier molecular flexibility index (Phi) is 6.20. The minimum Gasteiger partial charge on any atom is -0.369 e. The van der Waals surface area contributed by atoms with E-state index in [9.17, 15) is 0 Å². The second-order valence-corrected chi connectivity index (χ2v) is 8.21. The molecule has 4 nitrogen and oxygen atoms in total. The van der Waals surface area contributed by atoms with Crippen LogP contribution in [0.3, 0.4) is 0 Å². The molecule has 1 aromatic heterocycles. The molecule has 2 aromatic carbocycles. The summed E-state index contributed by atoms with van der Waals surface area (Å²) in [5.74, 6) is 2.99. The summed E-state index contributed by atoms with van der Waals surface area (Å²) in [6.45, 7) is 3.85. The van der Waals surface area contributed by atoms with Crippen molar-refractivity contribution in [2.45, 2.75) is 32.6 Å². The Bertz CT molecular complexity index is 995. The monoisotopic (exact) mass is 386 g/mol. The van der Waals surface area contributed by atoms with E-state index in [0.29, 0.717) is 11.8 Å². The highest BCUT2D eigenvalue weighted by atomic mass is 15.0. The number of rotatable bonds is 6. The van der Waals surface area contributed by atoms with Gasteiger partial charge in [-0.1, -0.05) is 54.5 Å². The molecule has 2 atom stereocenters. The predicted molar refractivity (Wildman–Crippen MR) is 123 cm³/mol. The van der Waals surface area contributed by atoms with Crippen LogP contribution in [-0.4, -0.2) is 23.1 Å². The standard InChI is InChI=1S/C25H30N4/c1-18-6-4-7-19(14-18)12-13-24-28-23-11-3-2-10-22(23)25(29-24)27-17-21-9-5-8-20(15-21)16-26/h2-4,6-7,10-14,20-21H,5,8-9,15-17,26H2,1H3,(H,27,28,29)/b13-12+. The normalized spacial score (nSPS) is 19.7. The molecule has 0 spiro atoms. The number of aryl methyl sites for hydroxylation is 1. The van der Waals surface area contributed by atoms with E-state index in [0.717, 1.165) is 41.2 Å². The van der Waals surface area contributed by atoms with Gasteiger partial charge in [0.05, 0.1) is 5.52 Å². The van der Waals surface area contributed by atoms with Gasteiger partial charge in [-0.3, -0.25) is 0 Å². The molecule has 1 fully saturated rings. The first-order chi connectivity index (χ1) is 14.2. The molecule has 0 saturated heterocycles. The summed E-state index contributed by atoms with van der Waals surface area (Å²) in [4.78, 5) is 9.57. The molecule has 2 unspecified atom stereocenters. The molecule has 4 heteroatoms. The topological polar surface area (TPSA) is 63.8 Å². The highest BCUT2D eigenvalue weighted by Crippen LogP contribution is 2.29. The summed E-state index contributed by atoms with van der Waals surface area (Å²) in [5, 5.41) is 4.70. The van der Waals surface area contributed by atoms with Crippen LogP contribution >= 0.6 is 0 Å². The van der Waals surface area contributed by atoms with Crippen molar-refractivity contribution in [1.82, 2.24) is 9.97 Å². The zero-order valence-electron chi connectivity index (χ0n) is 17.1. The third-order valence-electron chi connectivity index (χ3n) is 5.87. The predicted octanol–water partition coefficient (Wildman–Crippen LogP) is 5.29. The Balaban J connectivity index is 1.56. The molecule has 4 rings (SSSR count). The maximum Gasteiger partial charge on any atom is 0.154 e. The number of hydrogen-bond donors (Lipinski definition) is 2. The zero-order valence-corrected chi connectivity index (χ0v) is 17.1. The van der Waals surface area contributed by atoms with Crippen LogP contribution in [0.1, 0.15) is 42.6 Å². The van der Waals surface area contributed by atoms with Gasteiger partial charge in [0.25, 0.3) is 0 Å². The molecule has 29 heavy (non-hydrogen) atoms. The molecule has 0 aliphatic heterocycles. The van der Waals surface area contributed by atoms with Gasteiger partial charge in [-0.05, 0) is 68.3 Å². The van der Waals surface area contributed by atoms with Crippen molar-refractivity contribution >= 4 is 28.9 Å². The van der Waals surface area contributed by atoms with E-state index in [2.05, 4.69) is 54.7 Å². The Morgan fingerprint density at radius 1 is 1.03 bits per heavy atom. The second-order valence-electron chi connectivity index (χ2n) is 8.21. The van der Waals surface area contributed by atoms with Crippen LogP contribution in [0, 0.1) is 18.8 Å². The lowest BCUT2D eigenvalue weighted by atomic mass is 9.81. The average Bonchev–Trinajstić information content (AvgIpc) is 2.76. The zero-order chi connectivity index (χ0) is 20.1. The highest BCUT2D eigenvalue weighted by Gasteiger charge is 2.21. The molecule has 1 aliphatic carbocycles. The number of hydrogen-bond acceptors (Lipinski definition) is 4. The van der Waals surface area contributed by atoms with E-state index in [-0.39, 0.29) is 0 Å². The lowest BCUT2D eigenvalue weighted by molar-refractivity contribution is 0.281. The number of anilines is 1. The number of nitrogens with one attached hydrogen (secondary N) is 1. The lowest BCUT2D eigenvalue weighted by Crippen LogP contribution is -2.26. The van der Waals surface area contributed by atoms with E-state index in [4.69, 9.17) is 15.7 Å². The van der Waals surface area contributed by atoms with Gasteiger partial charge in [0, 0.05) is 11.9 Å². The third kappa shape index (κ3) is 5.01.